The van der Waals surface area contributed by atoms with Gasteiger partial charge in [-0.25, -0.2) is 9.78 Å². The number of aliphatic hydroxyl groups excluding tert-OH is 2. The first-order valence-electron chi connectivity index (χ1n) is 16.0. The number of rotatable bonds is 9. The van der Waals surface area contributed by atoms with Crippen molar-refractivity contribution in [2.45, 2.75) is 104 Å². The van der Waals surface area contributed by atoms with Crippen LogP contribution in [0.5, 0.6) is 0 Å². The van der Waals surface area contributed by atoms with E-state index in [4.69, 9.17) is 23.4 Å². The Labute approximate surface area is 272 Å². The minimum atomic E-state index is -0.942. The van der Waals surface area contributed by atoms with E-state index in [2.05, 4.69) is 4.98 Å². The molecule has 2 N–H and O–H groups in total. The molecule has 0 bridgehead atoms. The Morgan fingerprint density at radius 2 is 1.98 bits per heavy atom. The Morgan fingerprint density at radius 1 is 1.24 bits per heavy atom. The molecule has 1 aromatic heterocycles. The third kappa shape index (κ3) is 10.4. The summed E-state index contributed by atoms with van der Waals surface area (Å²) in [5.41, 5.74) is 1.75. The molecular weight excluding hydrogens is 590 g/mol. The highest BCUT2D eigenvalue weighted by molar-refractivity contribution is 5.82. The maximum atomic E-state index is 13.1. The number of carbonyl (C=O) groups is 2. The Kier molecular flexibility index (Phi) is 13.7. The van der Waals surface area contributed by atoms with E-state index in [0.29, 0.717) is 5.89 Å². The van der Waals surface area contributed by atoms with Crippen LogP contribution in [0.15, 0.2) is 64.4 Å². The number of fused-ring (bicyclic) bond motifs is 1. The van der Waals surface area contributed by atoms with Gasteiger partial charge in [-0.15, -0.1) is 0 Å². The van der Waals surface area contributed by atoms with Crippen molar-refractivity contribution in [3.05, 3.63) is 71.5 Å². The number of nitrogens with zero attached hydrogens (tertiary/aromatic N) is 1. The largest absolute Gasteiger partial charge is 0.466 e. The molecule has 0 radical (unpaired) electrons. The molecule has 2 aliphatic heterocycles. The van der Waals surface area contributed by atoms with Crippen molar-refractivity contribution in [3.63, 3.8) is 0 Å². The second-order valence-corrected chi connectivity index (χ2v) is 12.5. The number of aryl methyl sites for hydroxylation is 1. The highest BCUT2D eigenvalue weighted by atomic mass is 16.6. The Bertz CT molecular complexity index is 1320. The number of cyclic esters (lactones) is 1. The number of esters is 2. The van der Waals surface area contributed by atoms with Gasteiger partial charge in [0.1, 0.15) is 29.8 Å². The number of oxazole rings is 1. The molecular formula is C36H51NO9. The molecule has 46 heavy (non-hydrogen) atoms. The summed E-state index contributed by atoms with van der Waals surface area (Å²) in [6.07, 6.45) is 13.1. The van der Waals surface area contributed by atoms with E-state index >= 15 is 0 Å². The van der Waals surface area contributed by atoms with E-state index in [0.717, 1.165) is 16.8 Å². The smallest absolute Gasteiger partial charge is 0.330 e. The number of aromatic nitrogens is 1. The highest BCUT2D eigenvalue weighted by Crippen LogP contribution is 2.43. The van der Waals surface area contributed by atoms with Crippen LogP contribution in [0.4, 0.5) is 0 Å². The first kappa shape index (κ1) is 37.2. The lowest BCUT2D eigenvalue weighted by Crippen LogP contribution is -2.41. The van der Waals surface area contributed by atoms with E-state index in [1.165, 1.54) is 6.08 Å². The summed E-state index contributed by atoms with van der Waals surface area (Å²) in [7, 11) is 1.60. The van der Waals surface area contributed by atoms with Crippen molar-refractivity contribution in [2.24, 2.45) is 17.8 Å². The van der Waals surface area contributed by atoms with Gasteiger partial charge in [-0.2, -0.15) is 0 Å². The molecule has 10 heteroatoms. The molecule has 0 amide bonds. The molecule has 0 saturated carbocycles. The molecule has 1 aromatic rings. The molecule has 10 nitrogen and oxygen atoms in total. The van der Waals surface area contributed by atoms with Gasteiger partial charge in [0.2, 0.25) is 0 Å². The fourth-order valence-electron chi connectivity index (χ4n) is 5.72. The van der Waals surface area contributed by atoms with E-state index in [-0.39, 0.29) is 43.8 Å². The fourth-order valence-corrected chi connectivity index (χ4v) is 5.72. The maximum absolute atomic E-state index is 13.1. The summed E-state index contributed by atoms with van der Waals surface area (Å²) in [5.74, 6) is -1.67. The molecule has 1 fully saturated rings. The van der Waals surface area contributed by atoms with E-state index in [1.807, 2.05) is 71.1 Å². The van der Waals surface area contributed by atoms with Crippen LogP contribution >= 0.6 is 0 Å². The fraction of sp³-hybridized carbons (Fsp3) is 0.583. The summed E-state index contributed by atoms with van der Waals surface area (Å²) in [5, 5.41) is 22.1. The van der Waals surface area contributed by atoms with Crippen molar-refractivity contribution in [1.29, 1.82) is 0 Å². The number of aliphatic hydroxyl groups is 2. The lowest BCUT2D eigenvalue weighted by Gasteiger charge is -2.32. The Morgan fingerprint density at radius 3 is 2.63 bits per heavy atom. The van der Waals surface area contributed by atoms with E-state index in [9.17, 15) is 19.8 Å². The first-order valence-corrected chi connectivity index (χ1v) is 16.0. The number of methoxy groups -OCH3 is 1. The minimum Gasteiger partial charge on any atom is -0.466 e. The number of allylic oxidation sites excluding steroid dienone is 5. The molecule has 9 atom stereocenters. The normalized spacial score (nSPS) is 32.7. The zero-order chi connectivity index (χ0) is 34.0. The number of ether oxygens (including phenoxy) is 4. The molecule has 3 rings (SSSR count). The van der Waals surface area contributed by atoms with Crippen molar-refractivity contribution >= 4 is 18.0 Å². The maximum Gasteiger partial charge on any atom is 0.330 e. The summed E-state index contributed by atoms with van der Waals surface area (Å²) in [4.78, 5) is 30.0. The third-order valence-electron chi connectivity index (χ3n) is 8.79. The number of carbonyl (C=O) groups excluding carboxylic acids is 2. The average Bonchev–Trinajstić information content (AvgIpc) is 3.51. The lowest BCUT2D eigenvalue weighted by molar-refractivity contribution is -0.151. The van der Waals surface area contributed by atoms with Crippen LogP contribution in [0.2, 0.25) is 0 Å². The van der Waals surface area contributed by atoms with Gasteiger partial charge in [0.15, 0.2) is 5.89 Å². The summed E-state index contributed by atoms with van der Waals surface area (Å²) < 4.78 is 28.2. The standard InChI is InChI=1S/C36H51NO9/c1-9-43-35(41)27-14-11-15-33(40)45-30(20-31(39)36(7)32(46-36)17-16-23(3)29(38)19-27)25(5)34(42-8)24(4)13-10-12-22(2)18-28-21-44-26(6)37-28/h10-13,15-18,21,23,25,27,29-32,34,38-39H,9,14,19-20H2,1-8H3/b12-10+,15-11+,17-16+,22-18+,24-13+/t23-,25+,27-,29-,30?,31+,32-,34+,36-/m1/s1. The zero-order valence-corrected chi connectivity index (χ0v) is 28.3. The number of epoxide rings is 1. The number of hydrogen-bond acceptors (Lipinski definition) is 10. The van der Waals surface area contributed by atoms with Crippen molar-refractivity contribution < 1.29 is 43.2 Å². The van der Waals surface area contributed by atoms with Crippen molar-refractivity contribution in [3.8, 4) is 0 Å². The van der Waals surface area contributed by atoms with Gasteiger partial charge in [-0.3, -0.25) is 4.79 Å². The number of hydrogen-bond donors (Lipinski definition) is 2. The zero-order valence-electron chi connectivity index (χ0n) is 28.3. The molecule has 1 unspecified atom stereocenters. The minimum absolute atomic E-state index is 0.118. The van der Waals surface area contributed by atoms with Crippen LogP contribution in [-0.4, -0.2) is 77.0 Å². The van der Waals surface area contributed by atoms with Crippen LogP contribution in [0.3, 0.4) is 0 Å². The molecule has 0 aromatic carbocycles. The topological polar surface area (TPSA) is 141 Å². The molecule has 3 heterocycles. The third-order valence-corrected chi connectivity index (χ3v) is 8.79. The molecule has 0 spiro atoms. The van der Waals surface area contributed by atoms with Gasteiger partial charge in [-0.05, 0) is 57.8 Å². The van der Waals surface area contributed by atoms with Gasteiger partial charge >= 0.3 is 11.9 Å². The van der Waals surface area contributed by atoms with E-state index in [1.54, 1.807) is 33.3 Å². The summed E-state index contributed by atoms with van der Waals surface area (Å²) >= 11 is 0. The Hall–Kier alpha value is -3.31. The monoisotopic (exact) mass is 641 g/mol. The van der Waals surface area contributed by atoms with Gasteiger partial charge in [0.05, 0.1) is 30.8 Å². The van der Waals surface area contributed by atoms with Crippen LogP contribution in [0.1, 0.15) is 72.4 Å². The SMILES string of the molecule is CCOC(=O)[C@@H]1C/C=C/C(=O)OC([C@H](C)[C@@H](OC)/C(C)=C/C=C/C(C)=C/c2coc(C)n2)C[C@H](O)[C@@]2(C)O[C@@H]2/C=C/[C@@H](C)[C@H](O)C1. The van der Waals surface area contributed by atoms with Crippen LogP contribution in [0.25, 0.3) is 6.08 Å². The lowest BCUT2D eigenvalue weighted by atomic mass is 9.86. The second kappa shape index (κ2) is 17.0. The first-order chi connectivity index (χ1) is 21.8. The van der Waals surface area contributed by atoms with Gasteiger partial charge in [-0.1, -0.05) is 50.3 Å². The van der Waals surface area contributed by atoms with Gasteiger partial charge in [0, 0.05) is 38.4 Å². The van der Waals surface area contributed by atoms with E-state index < -0.39 is 47.9 Å². The second-order valence-electron chi connectivity index (χ2n) is 12.5. The predicted molar refractivity (Wildman–Crippen MR) is 174 cm³/mol. The molecule has 0 aliphatic carbocycles. The molecule has 254 valence electrons. The molecule has 1 saturated heterocycles. The molecule has 2 aliphatic rings. The van der Waals surface area contributed by atoms with Gasteiger partial charge < -0.3 is 33.6 Å². The summed E-state index contributed by atoms with van der Waals surface area (Å²) in [6.45, 7) is 13.2. The van der Waals surface area contributed by atoms with Crippen LogP contribution < -0.4 is 0 Å². The van der Waals surface area contributed by atoms with Crippen LogP contribution in [0, 0.1) is 24.7 Å². The van der Waals surface area contributed by atoms with Gasteiger partial charge in [0.25, 0.3) is 0 Å². The van der Waals surface area contributed by atoms with Crippen molar-refractivity contribution in [1.82, 2.24) is 4.98 Å². The van der Waals surface area contributed by atoms with Crippen LogP contribution in [-0.2, 0) is 28.5 Å². The van der Waals surface area contributed by atoms with Crippen molar-refractivity contribution in [2.75, 3.05) is 13.7 Å². The highest BCUT2D eigenvalue weighted by Gasteiger charge is 2.57. The summed E-state index contributed by atoms with van der Waals surface area (Å²) in [6, 6.07) is 0. The predicted octanol–water partition coefficient (Wildman–Crippen LogP) is 5.44. The quantitative estimate of drug-likeness (QED) is 0.155. The Balaban J connectivity index is 1.83. The average molecular weight is 642 g/mol.